The van der Waals surface area contributed by atoms with Gasteiger partial charge in [0.05, 0.1) is 10.7 Å². The number of nitrogen functional groups attached to an aromatic ring is 1. The highest BCUT2D eigenvalue weighted by Gasteiger charge is 2.13. The van der Waals surface area contributed by atoms with Crippen LogP contribution in [0.25, 0.3) is 0 Å². The highest BCUT2D eigenvalue weighted by Crippen LogP contribution is 2.34. The van der Waals surface area contributed by atoms with Crippen LogP contribution in [0.1, 0.15) is 5.56 Å². The maximum Gasteiger partial charge on any atom is 0.185 e. The molecular weight excluding hydrogens is 255 g/mol. The van der Waals surface area contributed by atoms with Crippen LogP contribution >= 0.6 is 11.6 Å². The van der Waals surface area contributed by atoms with Gasteiger partial charge >= 0.3 is 0 Å². The molecule has 0 aliphatic carbocycles. The molecule has 0 heterocycles. The topological polar surface area (TPSA) is 59.0 Å². The van der Waals surface area contributed by atoms with E-state index in [0.29, 0.717) is 0 Å². The number of nitrogens with zero attached hydrogens (tertiary/aromatic N) is 1. The van der Waals surface area contributed by atoms with Crippen molar-refractivity contribution >= 4 is 17.3 Å². The van der Waals surface area contributed by atoms with E-state index in [-0.39, 0.29) is 27.8 Å². The lowest BCUT2D eigenvalue weighted by molar-refractivity contribution is 0.443. The van der Waals surface area contributed by atoms with Gasteiger partial charge in [-0.25, -0.2) is 4.39 Å². The van der Waals surface area contributed by atoms with Crippen molar-refractivity contribution in [3.05, 3.63) is 52.8 Å². The maximum atomic E-state index is 13.6. The summed E-state index contributed by atoms with van der Waals surface area (Å²) in [5, 5.41) is 9.22. The molecule has 90 valence electrons. The molecule has 0 bridgehead atoms. The quantitative estimate of drug-likeness (QED) is 0.839. The van der Waals surface area contributed by atoms with E-state index in [1.54, 1.807) is 12.1 Å². The second-order valence-electron chi connectivity index (χ2n) is 3.49. The Balaban J connectivity index is 2.48. The monoisotopic (exact) mass is 262 g/mol. The minimum Gasteiger partial charge on any atom is -0.451 e. The second-order valence-corrected chi connectivity index (χ2v) is 3.89. The van der Waals surface area contributed by atoms with E-state index in [4.69, 9.17) is 27.3 Å². The predicted molar refractivity (Wildman–Crippen MR) is 67.1 cm³/mol. The Bertz CT molecular complexity index is 617. The molecule has 0 saturated carbocycles. The fourth-order valence-electron chi connectivity index (χ4n) is 1.44. The van der Waals surface area contributed by atoms with Gasteiger partial charge in [0.1, 0.15) is 17.4 Å². The zero-order valence-corrected chi connectivity index (χ0v) is 9.91. The summed E-state index contributed by atoms with van der Waals surface area (Å²) in [6, 6.07) is 10.8. The van der Waals surface area contributed by atoms with E-state index in [1.807, 2.05) is 6.07 Å². The largest absolute Gasteiger partial charge is 0.451 e. The molecule has 0 amide bonds. The van der Waals surface area contributed by atoms with Crippen molar-refractivity contribution in [2.45, 2.75) is 0 Å². The molecule has 0 aliphatic rings. The Labute approximate surface area is 108 Å². The van der Waals surface area contributed by atoms with E-state index in [0.717, 1.165) is 0 Å². The zero-order chi connectivity index (χ0) is 13.1. The van der Waals surface area contributed by atoms with Crippen LogP contribution in [0, 0.1) is 17.1 Å². The lowest BCUT2D eigenvalue weighted by atomic mass is 10.2. The Morgan fingerprint density at radius 2 is 1.94 bits per heavy atom. The van der Waals surface area contributed by atoms with Crippen LogP contribution in [0.3, 0.4) is 0 Å². The number of hydrogen-bond donors (Lipinski definition) is 1. The molecule has 0 aliphatic heterocycles. The molecule has 0 saturated heterocycles. The summed E-state index contributed by atoms with van der Waals surface area (Å²) in [6.07, 6.45) is 0. The van der Waals surface area contributed by atoms with Gasteiger partial charge < -0.3 is 10.5 Å². The van der Waals surface area contributed by atoms with Gasteiger partial charge in [0.2, 0.25) is 0 Å². The number of hydrogen-bond acceptors (Lipinski definition) is 3. The lowest BCUT2D eigenvalue weighted by Crippen LogP contribution is -1.96. The number of rotatable bonds is 2. The average molecular weight is 263 g/mol. The van der Waals surface area contributed by atoms with Crippen LogP contribution in [-0.2, 0) is 0 Å². The van der Waals surface area contributed by atoms with Gasteiger partial charge in [0.25, 0.3) is 0 Å². The molecule has 0 radical (unpaired) electrons. The van der Waals surface area contributed by atoms with Crippen molar-refractivity contribution in [2.24, 2.45) is 0 Å². The van der Waals surface area contributed by atoms with Crippen molar-refractivity contribution in [1.29, 1.82) is 5.26 Å². The molecule has 2 rings (SSSR count). The average Bonchev–Trinajstić information content (AvgIpc) is 2.34. The van der Waals surface area contributed by atoms with Gasteiger partial charge in [-0.05, 0) is 24.3 Å². The Morgan fingerprint density at radius 3 is 2.61 bits per heavy atom. The van der Waals surface area contributed by atoms with Gasteiger partial charge in [-0.15, -0.1) is 0 Å². The van der Waals surface area contributed by atoms with Crippen molar-refractivity contribution in [3.63, 3.8) is 0 Å². The molecule has 2 N–H and O–H groups in total. The molecule has 0 atom stereocenters. The number of anilines is 1. The van der Waals surface area contributed by atoms with Gasteiger partial charge in [-0.3, -0.25) is 0 Å². The van der Waals surface area contributed by atoms with Crippen molar-refractivity contribution in [1.82, 2.24) is 0 Å². The Kier molecular flexibility index (Phi) is 3.35. The normalized spacial score (nSPS) is 9.83. The van der Waals surface area contributed by atoms with Crippen LogP contribution < -0.4 is 10.5 Å². The first kappa shape index (κ1) is 12.2. The SMILES string of the molecule is N#Cc1c(Cl)cccc1Oc1c(N)cccc1F. The van der Waals surface area contributed by atoms with E-state index < -0.39 is 5.82 Å². The Hall–Kier alpha value is -2.25. The van der Waals surface area contributed by atoms with Gasteiger partial charge in [0.15, 0.2) is 11.6 Å². The summed E-state index contributed by atoms with van der Waals surface area (Å²) < 4.78 is 18.9. The third-order valence-corrected chi connectivity index (χ3v) is 2.61. The fourth-order valence-corrected chi connectivity index (χ4v) is 1.65. The van der Waals surface area contributed by atoms with Gasteiger partial charge in [0, 0.05) is 0 Å². The standard InChI is InChI=1S/C13H8ClFN2O/c14-9-3-1-6-12(8(9)7-16)18-13-10(15)4-2-5-11(13)17/h1-6H,17H2. The summed E-state index contributed by atoms with van der Waals surface area (Å²) in [5.41, 5.74) is 5.91. The summed E-state index contributed by atoms with van der Waals surface area (Å²) in [4.78, 5) is 0. The number of halogens is 2. The fraction of sp³-hybridized carbons (Fsp3) is 0. The van der Waals surface area contributed by atoms with Gasteiger partial charge in [-0.1, -0.05) is 23.7 Å². The van der Waals surface area contributed by atoms with Crippen LogP contribution in [0.2, 0.25) is 5.02 Å². The van der Waals surface area contributed by atoms with Crippen molar-refractivity contribution in [3.8, 4) is 17.6 Å². The van der Waals surface area contributed by atoms with Crippen molar-refractivity contribution in [2.75, 3.05) is 5.73 Å². The highest BCUT2D eigenvalue weighted by molar-refractivity contribution is 6.31. The number of para-hydroxylation sites is 1. The van der Waals surface area contributed by atoms with E-state index >= 15 is 0 Å². The summed E-state index contributed by atoms with van der Waals surface area (Å²) in [7, 11) is 0. The first-order valence-corrected chi connectivity index (χ1v) is 5.41. The maximum absolute atomic E-state index is 13.6. The molecule has 0 unspecified atom stereocenters. The van der Waals surface area contributed by atoms with E-state index in [9.17, 15) is 4.39 Å². The number of ether oxygens (including phenoxy) is 1. The smallest absolute Gasteiger partial charge is 0.185 e. The van der Waals surface area contributed by atoms with Crippen LogP contribution in [-0.4, -0.2) is 0 Å². The predicted octanol–water partition coefficient (Wildman–Crippen LogP) is 3.73. The minimum atomic E-state index is -0.598. The molecule has 3 nitrogen and oxygen atoms in total. The zero-order valence-electron chi connectivity index (χ0n) is 9.15. The van der Waals surface area contributed by atoms with E-state index in [1.165, 1.54) is 24.3 Å². The molecule has 0 aromatic heterocycles. The molecule has 5 heteroatoms. The third kappa shape index (κ3) is 2.22. The molecular formula is C13H8ClFN2O. The minimum absolute atomic E-state index is 0.115. The molecule has 2 aromatic rings. The Morgan fingerprint density at radius 1 is 1.22 bits per heavy atom. The first-order chi connectivity index (χ1) is 8.63. The molecule has 2 aromatic carbocycles. The summed E-state index contributed by atoms with van der Waals surface area (Å²) in [5.74, 6) is -0.545. The third-order valence-electron chi connectivity index (χ3n) is 2.30. The van der Waals surface area contributed by atoms with Gasteiger partial charge in [-0.2, -0.15) is 5.26 Å². The number of nitriles is 1. The second kappa shape index (κ2) is 4.94. The summed E-state index contributed by atoms with van der Waals surface area (Å²) >= 11 is 5.85. The lowest BCUT2D eigenvalue weighted by Gasteiger charge is -2.10. The number of nitrogens with two attached hydrogens (primary N) is 1. The van der Waals surface area contributed by atoms with E-state index in [2.05, 4.69) is 0 Å². The molecule has 18 heavy (non-hydrogen) atoms. The first-order valence-electron chi connectivity index (χ1n) is 5.04. The van der Waals surface area contributed by atoms with Crippen LogP contribution in [0.4, 0.5) is 10.1 Å². The molecule has 0 spiro atoms. The van der Waals surface area contributed by atoms with Crippen LogP contribution in [0.5, 0.6) is 11.5 Å². The molecule has 0 fully saturated rings. The van der Waals surface area contributed by atoms with Crippen LogP contribution in [0.15, 0.2) is 36.4 Å². The number of benzene rings is 2. The summed E-state index contributed by atoms with van der Waals surface area (Å²) in [6.45, 7) is 0. The van der Waals surface area contributed by atoms with Crippen molar-refractivity contribution < 1.29 is 9.13 Å². The highest BCUT2D eigenvalue weighted by atomic mass is 35.5.